The molecule has 1 aliphatic carbocycles. The lowest BCUT2D eigenvalue weighted by molar-refractivity contribution is -0.133. The smallest absolute Gasteiger partial charge is 0.257 e. The molecule has 6 rings (SSSR count). The number of para-hydroxylation sites is 1. The van der Waals surface area contributed by atoms with Crippen LogP contribution in [0.2, 0.25) is 0 Å². The molecular formula is C25H23FN4O4S. The molecule has 1 atom stereocenters. The topological polar surface area (TPSA) is 84.0 Å². The van der Waals surface area contributed by atoms with Gasteiger partial charge in [0.1, 0.15) is 5.82 Å². The lowest BCUT2D eigenvalue weighted by Crippen LogP contribution is -2.50. The van der Waals surface area contributed by atoms with Crippen LogP contribution in [0.5, 0.6) is 11.5 Å². The van der Waals surface area contributed by atoms with Crippen molar-refractivity contribution in [2.75, 3.05) is 43.2 Å². The Morgan fingerprint density at radius 3 is 2.69 bits per heavy atom. The fourth-order valence-corrected chi connectivity index (χ4v) is 5.86. The number of rotatable bonds is 4. The molecule has 0 spiro atoms. The van der Waals surface area contributed by atoms with Crippen LogP contribution in [0, 0.1) is 5.82 Å². The van der Waals surface area contributed by atoms with Gasteiger partial charge in [-0.05, 0) is 43.2 Å². The van der Waals surface area contributed by atoms with Crippen molar-refractivity contribution in [3.63, 3.8) is 0 Å². The average Bonchev–Trinajstić information content (AvgIpc) is 3.59. The summed E-state index contributed by atoms with van der Waals surface area (Å²) in [4.78, 5) is 35.5. The van der Waals surface area contributed by atoms with Crippen LogP contribution in [0.15, 0.2) is 42.5 Å². The van der Waals surface area contributed by atoms with Gasteiger partial charge in [-0.2, -0.15) is 0 Å². The minimum absolute atomic E-state index is 0.0517. The van der Waals surface area contributed by atoms with Gasteiger partial charge in [0.15, 0.2) is 16.6 Å². The highest BCUT2D eigenvalue weighted by Crippen LogP contribution is 2.40. The highest BCUT2D eigenvalue weighted by molar-refractivity contribution is 7.16. The number of hydrogen-bond donors (Lipinski definition) is 1. The predicted octanol–water partition coefficient (Wildman–Crippen LogP) is 3.64. The van der Waals surface area contributed by atoms with Crippen molar-refractivity contribution < 1.29 is 23.5 Å². The van der Waals surface area contributed by atoms with Crippen molar-refractivity contribution in [2.45, 2.75) is 18.8 Å². The molecule has 180 valence electrons. The van der Waals surface area contributed by atoms with Gasteiger partial charge in [0.25, 0.3) is 5.91 Å². The molecule has 0 bridgehead atoms. The first-order valence-electron chi connectivity index (χ1n) is 11.6. The third kappa shape index (κ3) is 4.07. The van der Waals surface area contributed by atoms with Crippen molar-refractivity contribution in [1.82, 2.24) is 9.88 Å². The Bertz CT molecular complexity index is 1300. The van der Waals surface area contributed by atoms with Gasteiger partial charge in [-0.1, -0.05) is 12.1 Å². The van der Waals surface area contributed by atoms with Gasteiger partial charge in [-0.15, -0.1) is 11.3 Å². The van der Waals surface area contributed by atoms with Crippen LogP contribution in [0.3, 0.4) is 0 Å². The summed E-state index contributed by atoms with van der Waals surface area (Å²) in [6.45, 7) is 2.39. The molecule has 2 amide bonds. The molecule has 0 radical (unpaired) electrons. The number of hydrogen-bond acceptors (Lipinski definition) is 7. The van der Waals surface area contributed by atoms with E-state index in [-0.39, 0.29) is 30.3 Å². The molecule has 0 saturated carbocycles. The summed E-state index contributed by atoms with van der Waals surface area (Å²) in [6, 6.07) is 11.8. The first kappa shape index (κ1) is 21.8. The van der Waals surface area contributed by atoms with Crippen LogP contribution < -0.4 is 19.7 Å². The molecule has 3 aliphatic rings. The van der Waals surface area contributed by atoms with Crippen molar-refractivity contribution in [1.29, 1.82) is 0 Å². The Morgan fingerprint density at radius 2 is 1.86 bits per heavy atom. The highest BCUT2D eigenvalue weighted by Gasteiger charge is 2.36. The maximum atomic E-state index is 14.1. The molecule has 0 unspecified atom stereocenters. The number of anilines is 2. The Balaban J connectivity index is 1.10. The third-order valence-corrected chi connectivity index (χ3v) is 7.70. The zero-order chi connectivity index (χ0) is 23.9. The van der Waals surface area contributed by atoms with Crippen molar-refractivity contribution in [3.8, 4) is 11.5 Å². The van der Waals surface area contributed by atoms with Gasteiger partial charge in [0.05, 0.1) is 17.3 Å². The summed E-state index contributed by atoms with van der Waals surface area (Å²) in [6.07, 6.45) is 1.48. The number of amides is 2. The second-order valence-electron chi connectivity index (χ2n) is 8.70. The molecular weight excluding hydrogens is 471 g/mol. The Morgan fingerprint density at radius 1 is 1.06 bits per heavy atom. The Hall–Kier alpha value is -3.66. The minimum atomic E-state index is -0.308. The molecule has 1 fully saturated rings. The number of carbonyl (C=O) groups excluding carboxylic acids is 2. The summed E-state index contributed by atoms with van der Waals surface area (Å²) in [5.74, 6) is 0.368. The number of benzene rings is 2. The van der Waals surface area contributed by atoms with E-state index in [1.54, 1.807) is 30.3 Å². The quantitative estimate of drug-likeness (QED) is 0.596. The van der Waals surface area contributed by atoms with Crippen molar-refractivity contribution >= 4 is 34.0 Å². The number of piperazine rings is 1. The number of aryl methyl sites for hydroxylation is 1. The minimum Gasteiger partial charge on any atom is -0.454 e. The standard InChI is InChI=1S/C25H23FN4O4S/c26-17-3-1-2-4-18(17)29-9-11-30(12-10-29)24(32)16-6-8-21-22(16)27-25(35-21)28-23(31)15-5-7-19-20(13-15)34-14-33-19/h1-5,7,13,16H,6,8-12,14H2,(H,27,28,31)/t16-/m1/s1. The monoisotopic (exact) mass is 494 g/mol. The number of carbonyl (C=O) groups is 2. The van der Waals surface area contributed by atoms with E-state index < -0.39 is 0 Å². The zero-order valence-electron chi connectivity index (χ0n) is 18.8. The van der Waals surface area contributed by atoms with Gasteiger partial charge in [0.2, 0.25) is 12.7 Å². The number of halogens is 1. The lowest BCUT2D eigenvalue weighted by Gasteiger charge is -2.37. The molecule has 1 N–H and O–H groups in total. The normalized spacial score (nSPS) is 18.5. The highest BCUT2D eigenvalue weighted by atomic mass is 32.1. The van der Waals surface area contributed by atoms with Crippen LogP contribution in [-0.2, 0) is 11.2 Å². The zero-order valence-corrected chi connectivity index (χ0v) is 19.6. The van der Waals surface area contributed by atoms with E-state index >= 15 is 0 Å². The molecule has 3 heterocycles. The second kappa shape index (κ2) is 8.84. The van der Waals surface area contributed by atoms with Gasteiger partial charge >= 0.3 is 0 Å². The van der Waals surface area contributed by atoms with E-state index in [9.17, 15) is 14.0 Å². The van der Waals surface area contributed by atoms with E-state index in [1.807, 2.05) is 15.9 Å². The molecule has 3 aromatic rings. The number of thiazole rings is 1. The van der Waals surface area contributed by atoms with Gasteiger partial charge in [-0.25, -0.2) is 9.37 Å². The first-order valence-corrected chi connectivity index (χ1v) is 12.4. The van der Waals surface area contributed by atoms with E-state index in [0.29, 0.717) is 54.1 Å². The van der Waals surface area contributed by atoms with E-state index in [1.165, 1.54) is 17.4 Å². The van der Waals surface area contributed by atoms with Crippen LogP contribution in [-0.4, -0.2) is 54.7 Å². The SMILES string of the molecule is O=C(Nc1nc2c(s1)CC[C@H]2C(=O)N1CCN(c2ccccc2F)CC1)c1ccc2c(c1)OCO2. The van der Waals surface area contributed by atoms with Gasteiger partial charge < -0.3 is 19.3 Å². The van der Waals surface area contributed by atoms with Crippen LogP contribution in [0.1, 0.15) is 33.3 Å². The maximum absolute atomic E-state index is 14.1. The molecule has 2 aromatic carbocycles. The van der Waals surface area contributed by atoms with E-state index in [0.717, 1.165) is 23.4 Å². The molecule has 8 nitrogen and oxygen atoms in total. The summed E-state index contributed by atoms with van der Waals surface area (Å²) in [7, 11) is 0. The summed E-state index contributed by atoms with van der Waals surface area (Å²) >= 11 is 1.42. The van der Waals surface area contributed by atoms with Crippen molar-refractivity contribution in [3.05, 3.63) is 64.4 Å². The fraction of sp³-hybridized carbons (Fsp3) is 0.320. The number of nitrogens with one attached hydrogen (secondary N) is 1. The van der Waals surface area contributed by atoms with E-state index in [4.69, 9.17) is 9.47 Å². The largest absolute Gasteiger partial charge is 0.454 e. The Kier molecular flexibility index (Phi) is 5.52. The number of fused-ring (bicyclic) bond motifs is 2. The first-order chi connectivity index (χ1) is 17.1. The number of ether oxygens (including phenoxy) is 2. The Labute approximate surface area is 205 Å². The van der Waals surface area contributed by atoms with Gasteiger partial charge in [-0.3, -0.25) is 14.9 Å². The summed E-state index contributed by atoms with van der Waals surface area (Å²) in [5.41, 5.74) is 1.78. The predicted molar refractivity (Wildman–Crippen MR) is 129 cm³/mol. The van der Waals surface area contributed by atoms with Crippen LogP contribution >= 0.6 is 11.3 Å². The van der Waals surface area contributed by atoms with Crippen molar-refractivity contribution in [2.24, 2.45) is 0 Å². The van der Waals surface area contributed by atoms with E-state index in [2.05, 4.69) is 10.3 Å². The third-order valence-electron chi connectivity index (χ3n) is 6.66. The van der Waals surface area contributed by atoms with Crippen LogP contribution in [0.4, 0.5) is 15.2 Å². The maximum Gasteiger partial charge on any atom is 0.257 e. The average molecular weight is 495 g/mol. The van der Waals surface area contributed by atoms with Gasteiger partial charge in [0, 0.05) is 36.6 Å². The lowest BCUT2D eigenvalue weighted by atomic mass is 10.1. The summed E-state index contributed by atoms with van der Waals surface area (Å²) < 4.78 is 24.8. The van der Waals surface area contributed by atoms with Crippen LogP contribution in [0.25, 0.3) is 0 Å². The second-order valence-corrected chi connectivity index (χ2v) is 9.79. The number of nitrogens with zero attached hydrogens (tertiary/aromatic N) is 3. The molecule has 1 aromatic heterocycles. The molecule has 10 heteroatoms. The number of aromatic nitrogens is 1. The molecule has 35 heavy (non-hydrogen) atoms. The molecule has 2 aliphatic heterocycles. The fourth-order valence-electron chi connectivity index (χ4n) is 4.82. The molecule has 1 saturated heterocycles. The summed E-state index contributed by atoms with van der Waals surface area (Å²) in [5, 5.41) is 3.34.